The number of aliphatic hydroxyl groups is 1. The molecule has 0 spiro atoms. The minimum absolute atomic E-state index is 0.135. The second kappa shape index (κ2) is 4.12. The molecule has 3 rings (SSSR count). The summed E-state index contributed by atoms with van der Waals surface area (Å²) >= 11 is 5.93. The zero-order valence-electron chi connectivity index (χ0n) is 9.31. The molecule has 0 unspecified atom stereocenters. The normalized spacial score (nSPS) is 11.2. The van der Waals surface area contributed by atoms with Crippen molar-refractivity contribution in [3.05, 3.63) is 57.2 Å². The van der Waals surface area contributed by atoms with Gasteiger partial charge in [0.15, 0.2) is 0 Å². The second-order valence-corrected chi connectivity index (χ2v) is 4.46. The number of rotatable bonds is 1. The smallest absolute Gasteiger partial charge is 0.200 e. The third-order valence-corrected chi connectivity index (χ3v) is 3.11. The van der Waals surface area contributed by atoms with Gasteiger partial charge in [-0.05, 0) is 24.3 Å². The maximum atomic E-state index is 12.3. The lowest BCUT2D eigenvalue weighted by atomic mass is 10.1. The third-order valence-electron chi connectivity index (χ3n) is 2.89. The Bertz CT molecular complexity index is 805. The topological polar surface area (TPSA) is 50.4 Å². The summed E-state index contributed by atoms with van der Waals surface area (Å²) in [6.07, 6.45) is 0. The lowest BCUT2D eigenvalue weighted by molar-refractivity contribution is 0.282. The van der Waals surface area contributed by atoms with Crippen LogP contribution in [0.15, 0.2) is 45.6 Å². The van der Waals surface area contributed by atoms with Gasteiger partial charge in [0.05, 0.1) is 17.4 Å². The predicted molar refractivity (Wildman–Crippen MR) is 70.9 cm³/mol. The Morgan fingerprint density at radius 1 is 1.17 bits per heavy atom. The van der Waals surface area contributed by atoms with Gasteiger partial charge in [0.1, 0.15) is 11.2 Å². The van der Waals surface area contributed by atoms with Crippen LogP contribution >= 0.6 is 11.6 Å². The van der Waals surface area contributed by atoms with Crippen LogP contribution in [-0.2, 0) is 6.61 Å². The first-order valence-corrected chi connectivity index (χ1v) is 5.83. The summed E-state index contributed by atoms with van der Waals surface area (Å²) in [5, 5.41) is 10.6. The SMILES string of the molecule is O=c1c2ccccc2oc2c(CO)cc(Cl)cc12. The molecular weight excluding hydrogens is 252 g/mol. The summed E-state index contributed by atoms with van der Waals surface area (Å²) in [5.74, 6) is 0. The highest BCUT2D eigenvalue weighted by atomic mass is 35.5. The van der Waals surface area contributed by atoms with Gasteiger partial charge in [0.25, 0.3) is 0 Å². The van der Waals surface area contributed by atoms with E-state index in [-0.39, 0.29) is 12.0 Å². The fourth-order valence-electron chi connectivity index (χ4n) is 2.05. The van der Waals surface area contributed by atoms with E-state index < -0.39 is 0 Å². The second-order valence-electron chi connectivity index (χ2n) is 4.03. The van der Waals surface area contributed by atoms with Crippen LogP contribution in [0.3, 0.4) is 0 Å². The molecule has 2 aromatic carbocycles. The van der Waals surface area contributed by atoms with Crippen LogP contribution in [0.4, 0.5) is 0 Å². The zero-order chi connectivity index (χ0) is 12.7. The number of fused-ring (bicyclic) bond motifs is 2. The molecule has 18 heavy (non-hydrogen) atoms. The van der Waals surface area contributed by atoms with Crippen molar-refractivity contribution in [3.8, 4) is 0 Å². The van der Waals surface area contributed by atoms with E-state index in [9.17, 15) is 9.90 Å². The summed E-state index contributed by atoms with van der Waals surface area (Å²) in [6, 6.07) is 10.2. The van der Waals surface area contributed by atoms with Crippen molar-refractivity contribution in [2.24, 2.45) is 0 Å². The van der Waals surface area contributed by atoms with Crippen molar-refractivity contribution < 1.29 is 9.52 Å². The Kier molecular flexibility index (Phi) is 2.58. The van der Waals surface area contributed by atoms with E-state index >= 15 is 0 Å². The summed E-state index contributed by atoms with van der Waals surface area (Å²) < 4.78 is 5.69. The van der Waals surface area contributed by atoms with Crippen LogP contribution in [0.2, 0.25) is 5.02 Å². The molecule has 1 aromatic heterocycles. The van der Waals surface area contributed by atoms with Gasteiger partial charge in [-0.1, -0.05) is 23.7 Å². The number of para-hydroxylation sites is 1. The fourth-order valence-corrected chi connectivity index (χ4v) is 2.30. The first-order chi connectivity index (χ1) is 8.70. The van der Waals surface area contributed by atoms with Crippen molar-refractivity contribution in [1.82, 2.24) is 0 Å². The van der Waals surface area contributed by atoms with Crippen molar-refractivity contribution in [2.45, 2.75) is 6.61 Å². The van der Waals surface area contributed by atoms with Gasteiger partial charge in [-0.2, -0.15) is 0 Å². The molecule has 3 nitrogen and oxygen atoms in total. The van der Waals surface area contributed by atoms with E-state index in [0.717, 1.165) is 0 Å². The average Bonchev–Trinajstić information content (AvgIpc) is 2.39. The van der Waals surface area contributed by atoms with Gasteiger partial charge in [-0.3, -0.25) is 4.79 Å². The molecule has 0 radical (unpaired) electrons. The average molecular weight is 261 g/mol. The van der Waals surface area contributed by atoms with Gasteiger partial charge in [-0.25, -0.2) is 0 Å². The molecule has 90 valence electrons. The van der Waals surface area contributed by atoms with E-state index in [0.29, 0.717) is 32.5 Å². The van der Waals surface area contributed by atoms with E-state index in [1.54, 1.807) is 36.4 Å². The van der Waals surface area contributed by atoms with E-state index in [1.807, 2.05) is 0 Å². The summed E-state index contributed by atoms with van der Waals surface area (Å²) in [7, 11) is 0. The molecular formula is C14H9ClO3. The number of benzene rings is 2. The van der Waals surface area contributed by atoms with Gasteiger partial charge in [-0.15, -0.1) is 0 Å². The predicted octanol–water partition coefficient (Wildman–Crippen LogP) is 3.09. The highest BCUT2D eigenvalue weighted by molar-refractivity contribution is 6.31. The van der Waals surface area contributed by atoms with Crippen molar-refractivity contribution in [3.63, 3.8) is 0 Å². The minimum atomic E-state index is -0.224. The Morgan fingerprint density at radius 3 is 2.72 bits per heavy atom. The maximum absolute atomic E-state index is 12.3. The first-order valence-electron chi connectivity index (χ1n) is 5.45. The van der Waals surface area contributed by atoms with E-state index in [4.69, 9.17) is 16.0 Å². The van der Waals surface area contributed by atoms with Crippen molar-refractivity contribution in [1.29, 1.82) is 0 Å². The molecule has 0 aliphatic rings. The standard InChI is InChI=1S/C14H9ClO3/c15-9-5-8(7-16)14-11(6-9)13(17)10-3-1-2-4-12(10)18-14/h1-6,16H,7H2. The Balaban J connectivity index is 2.59. The van der Waals surface area contributed by atoms with Crippen LogP contribution in [0.5, 0.6) is 0 Å². The quantitative estimate of drug-likeness (QED) is 0.684. The lowest BCUT2D eigenvalue weighted by Gasteiger charge is -2.05. The number of hydrogen-bond acceptors (Lipinski definition) is 3. The Labute approximate surface area is 107 Å². The summed E-state index contributed by atoms with van der Waals surface area (Å²) in [4.78, 5) is 12.3. The van der Waals surface area contributed by atoms with Gasteiger partial charge in [0, 0.05) is 10.6 Å². The Morgan fingerprint density at radius 2 is 1.94 bits per heavy atom. The highest BCUT2D eigenvalue weighted by Gasteiger charge is 2.11. The number of halogens is 1. The van der Waals surface area contributed by atoms with Crippen LogP contribution in [0.1, 0.15) is 5.56 Å². The molecule has 0 saturated carbocycles. The molecule has 1 N–H and O–H groups in total. The Hall–Kier alpha value is -1.84. The molecule has 0 saturated heterocycles. The molecule has 0 amide bonds. The minimum Gasteiger partial charge on any atom is -0.455 e. The molecule has 3 aromatic rings. The van der Waals surface area contributed by atoms with E-state index in [2.05, 4.69) is 0 Å². The van der Waals surface area contributed by atoms with Gasteiger partial charge >= 0.3 is 0 Å². The first kappa shape index (κ1) is 11.3. The van der Waals surface area contributed by atoms with Crippen LogP contribution in [0, 0.1) is 0 Å². The largest absolute Gasteiger partial charge is 0.455 e. The molecule has 0 bridgehead atoms. The third kappa shape index (κ3) is 1.60. The van der Waals surface area contributed by atoms with Crippen LogP contribution in [0.25, 0.3) is 21.9 Å². The fraction of sp³-hybridized carbons (Fsp3) is 0.0714. The maximum Gasteiger partial charge on any atom is 0.200 e. The van der Waals surface area contributed by atoms with E-state index in [1.165, 1.54) is 0 Å². The molecule has 4 heteroatoms. The van der Waals surface area contributed by atoms with Gasteiger partial charge in [0.2, 0.25) is 5.43 Å². The summed E-state index contributed by atoms with van der Waals surface area (Å²) in [5.41, 5.74) is 1.28. The number of aliphatic hydroxyl groups excluding tert-OH is 1. The highest BCUT2D eigenvalue weighted by Crippen LogP contribution is 2.25. The zero-order valence-corrected chi connectivity index (χ0v) is 10.1. The molecule has 0 aliphatic carbocycles. The monoisotopic (exact) mass is 260 g/mol. The van der Waals surface area contributed by atoms with Crippen molar-refractivity contribution >= 4 is 33.5 Å². The summed E-state index contributed by atoms with van der Waals surface area (Å²) in [6.45, 7) is -0.224. The molecule has 0 atom stereocenters. The van der Waals surface area contributed by atoms with Crippen molar-refractivity contribution in [2.75, 3.05) is 0 Å². The van der Waals surface area contributed by atoms with Crippen LogP contribution < -0.4 is 5.43 Å². The van der Waals surface area contributed by atoms with Crippen LogP contribution in [-0.4, -0.2) is 5.11 Å². The number of hydrogen-bond donors (Lipinski definition) is 1. The van der Waals surface area contributed by atoms with Gasteiger partial charge < -0.3 is 9.52 Å². The molecule has 1 heterocycles. The molecule has 0 fully saturated rings. The molecule has 0 aliphatic heterocycles. The lowest BCUT2D eigenvalue weighted by Crippen LogP contribution is -2.03.